The lowest BCUT2D eigenvalue weighted by atomic mass is 9.91. The van der Waals surface area contributed by atoms with E-state index in [1.54, 1.807) is 34.7 Å². The highest BCUT2D eigenvalue weighted by Gasteiger charge is 2.25. The zero-order chi connectivity index (χ0) is 23.3. The lowest BCUT2D eigenvalue weighted by Crippen LogP contribution is -2.28. The van der Waals surface area contributed by atoms with E-state index in [0.29, 0.717) is 18.7 Å². The van der Waals surface area contributed by atoms with Crippen LogP contribution in [0.2, 0.25) is 0 Å². The van der Waals surface area contributed by atoms with Crippen molar-refractivity contribution in [3.05, 3.63) is 83.2 Å². The molecule has 0 bridgehead atoms. The molecular weight excluding hydrogens is 402 g/mol. The number of ether oxygens (including phenoxy) is 1. The van der Waals surface area contributed by atoms with Gasteiger partial charge in [-0.15, -0.1) is 0 Å². The number of benzene rings is 2. The van der Waals surface area contributed by atoms with Crippen molar-refractivity contribution in [2.75, 3.05) is 20.2 Å². The molecule has 0 unspecified atom stereocenters. The molecule has 0 fully saturated rings. The Morgan fingerprint density at radius 3 is 2.28 bits per heavy atom. The Morgan fingerprint density at radius 1 is 1.03 bits per heavy atom. The number of esters is 1. The van der Waals surface area contributed by atoms with Crippen molar-refractivity contribution in [1.29, 1.82) is 0 Å². The molecule has 0 saturated heterocycles. The Morgan fingerprint density at radius 2 is 1.69 bits per heavy atom. The number of hydrogen-bond acceptors (Lipinski definition) is 4. The molecule has 2 aromatic carbocycles. The molecule has 0 radical (unpaired) electrons. The summed E-state index contributed by atoms with van der Waals surface area (Å²) in [6, 6.07) is 19.2. The predicted molar refractivity (Wildman–Crippen MR) is 125 cm³/mol. The zero-order valence-corrected chi connectivity index (χ0v) is 19.5. The van der Waals surface area contributed by atoms with Crippen molar-refractivity contribution in [1.82, 2.24) is 14.7 Å². The number of hydrogen-bond donors (Lipinski definition) is 0. The van der Waals surface area contributed by atoms with Gasteiger partial charge >= 0.3 is 5.97 Å². The summed E-state index contributed by atoms with van der Waals surface area (Å²) in [6.07, 6.45) is 0.806. The summed E-state index contributed by atoms with van der Waals surface area (Å²) in [6.45, 7) is 8.90. The maximum atomic E-state index is 12.8. The minimum absolute atomic E-state index is 0.0313. The highest BCUT2D eigenvalue weighted by molar-refractivity contribution is 5.94. The highest BCUT2D eigenvalue weighted by Crippen LogP contribution is 2.26. The molecule has 6 heteroatoms. The first-order chi connectivity index (χ1) is 15.2. The van der Waals surface area contributed by atoms with Gasteiger partial charge in [0.05, 0.1) is 18.0 Å². The monoisotopic (exact) mass is 433 g/mol. The third-order valence-electron chi connectivity index (χ3n) is 5.25. The van der Waals surface area contributed by atoms with Gasteiger partial charge in [0.2, 0.25) is 0 Å². The van der Waals surface area contributed by atoms with Gasteiger partial charge in [0.15, 0.2) is 5.69 Å². The second-order valence-electron chi connectivity index (χ2n) is 8.81. The van der Waals surface area contributed by atoms with Crippen molar-refractivity contribution < 1.29 is 14.3 Å². The molecule has 1 amide bonds. The third kappa shape index (κ3) is 5.44. The van der Waals surface area contributed by atoms with E-state index in [-0.39, 0.29) is 17.0 Å². The van der Waals surface area contributed by atoms with Gasteiger partial charge in [-0.1, -0.05) is 51.1 Å². The van der Waals surface area contributed by atoms with E-state index in [2.05, 4.69) is 38.0 Å². The Bertz CT molecular complexity index is 1060. The van der Waals surface area contributed by atoms with Gasteiger partial charge in [-0.2, -0.15) is 5.10 Å². The summed E-state index contributed by atoms with van der Waals surface area (Å²) in [7, 11) is 1.82. The smallest absolute Gasteiger partial charge is 0.358 e. The van der Waals surface area contributed by atoms with Crippen molar-refractivity contribution in [3.8, 4) is 5.69 Å². The van der Waals surface area contributed by atoms with Crippen molar-refractivity contribution in [3.63, 3.8) is 0 Å². The highest BCUT2D eigenvalue weighted by atomic mass is 16.5. The molecule has 3 aromatic rings. The van der Waals surface area contributed by atoms with Crippen molar-refractivity contribution >= 4 is 11.9 Å². The Hall–Kier alpha value is -3.41. The van der Waals surface area contributed by atoms with Crippen LogP contribution < -0.4 is 0 Å². The summed E-state index contributed by atoms with van der Waals surface area (Å²) in [5, 5.41) is 4.48. The average Bonchev–Trinajstić information content (AvgIpc) is 3.24. The first-order valence-electron chi connectivity index (χ1n) is 10.9. The van der Waals surface area contributed by atoms with Gasteiger partial charge in [0, 0.05) is 24.6 Å². The number of amides is 1. The summed E-state index contributed by atoms with van der Waals surface area (Å²) in [5.41, 5.74) is 3.53. The minimum Gasteiger partial charge on any atom is -0.461 e. The van der Waals surface area contributed by atoms with Crippen LogP contribution in [-0.4, -0.2) is 46.8 Å². The fourth-order valence-electron chi connectivity index (χ4n) is 3.43. The van der Waals surface area contributed by atoms with E-state index >= 15 is 0 Å². The van der Waals surface area contributed by atoms with Crippen molar-refractivity contribution in [2.45, 2.75) is 39.5 Å². The number of aromatic nitrogens is 2. The molecule has 0 aliphatic heterocycles. The molecule has 0 aliphatic rings. The number of rotatable bonds is 7. The maximum Gasteiger partial charge on any atom is 0.358 e. The molecule has 168 valence electrons. The first kappa shape index (κ1) is 23.3. The van der Waals surface area contributed by atoms with Crippen LogP contribution in [0.5, 0.6) is 0 Å². The minimum atomic E-state index is -0.441. The Labute approximate surface area is 189 Å². The Kier molecular flexibility index (Phi) is 7.13. The first-order valence-corrected chi connectivity index (χ1v) is 10.9. The van der Waals surface area contributed by atoms with E-state index in [4.69, 9.17) is 4.74 Å². The fraction of sp³-hybridized carbons (Fsp3) is 0.346. The second kappa shape index (κ2) is 9.81. The van der Waals surface area contributed by atoms with Crippen LogP contribution in [0.1, 0.15) is 59.8 Å². The van der Waals surface area contributed by atoms with E-state index in [0.717, 1.165) is 17.8 Å². The molecule has 0 spiro atoms. The fourth-order valence-corrected chi connectivity index (χ4v) is 3.43. The largest absolute Gasteiger partial charge is 0.461 e. The molecule has 3 rings (SSSR count). The van der Waals surface area contributed by atoms with Gasteiger partial charge < -0.3 is 9.64 Å². The second-order valence-corrected chi connectivity index (χ2v) is 8.81. The molecule has 0 aliphatic carbocycles. The molecule has 1 heterocycles. The van der Waals surface area contributed by atoms with Crippen LogP contribution in [0.4, 0.5) is 0 Å². The van der Waals surface area contributed by atoms with E-state index < -0.39 is 5.97 Å². The van der Waals surface area contributed by atoms with E-state index in [1.807, 2.05) is 37.4 Å². The van der Waals surface area contributed by atoms with Crippen LogP contribution in [0, 0.1) is 0 Å². The molecular formula is C26H31N3O3. The quantitative estimate of drug-likeness (QED) is 0.508. The topological polar surface area (TPSA) is 64.4 Å². The summed E-state index contributed by atoms with van der Waals surface area (Å²) in [5.74, 6) is -0.472. The number of nitrogens with zero attached hydrogens (tertiary/aromatic N) is 3. The number of likely N-dealkylation sites (N-methyl/N-ethyl adjacent to an activating group) is 1. The Balaban J connectivity index is 1.78. The van der Waals surface area contributed by atoms with E-state index in [1.165, 1.54) is 5.56 Å². The number of carbonyl (C=O) groups excluding carboxylic acids is 2. The van der Waals surface area contributed by atoms with E-state index in [9.17, 15) is 9.59 Å². The molecule has 1 aromatic heterocycles. The molecule has 6 nitrogen and oxygen atoms in total. The average molecular weight is 434 g/mol. The molecule has 32 heavy (non-hydrogen) atoms. The van der Waals surface area contributed by atoms with Crippen LogP contribution in [-0.2, 0) is 16.6 Å². The van der Waals surface area contributed by atoms with Gasteiger partial charge in [-0.3, -0.25) is 4.79 Å². The summed E-state index contributed by atoms with van der Waals surface area (Å²) >= 11 is 0. The summed E-state index contributed by atoms with van der Waals surface area (Å²) < 4.78 is 6.86. The lowest BCUT2D eigenvalue weighted by Gasteiger charge is -2.20. The van der Waals surface area contributed by atoms with Gasteiger partial charge in [0.25, 0.3) is 5.91 Å². The molecule has 0 atom stereocenters. The third-order valence-corrected chi connectivity index (χ3v) is 5.25. The van der Waals surface area contributed by atoms with Gasteiger partial charge in [-0.25, -0.2) is 9.48 Å². The molecule has 0 saturated carbocycles. The van der Waals surface area contributed by atoms with Crippen LogP contribution in [0.25, 0.3) is 5.69 Å². The van der Waals surface area contributed by atoms with Crippen LogP contribution in [0.3, 0.4) is 0 Å². The maximum absolute atomic E-state index is 12.8. The zero-order valence-electron chi connectivity index (χ0n) is 19.5. The summed E-state index contributed by atoms with van der Waals surface area (Å²) in [4.78, 5) is 26.8. The lowest BCUT2D eigenvalue weighted by molar-refractivity contribution is 0.0518. The van der Waals surface area contributed by atoms with Crippen molar-refractivity contribution in [2.24, 2.45) is 0 Å². The predicted octanol–water partition coefficient (Wildman–Crippen LogP) is 4.66. The normalized spacial score (nSPS) is 11.3. The van der Waals surface area contributed by atoms with Crippen LogP contribution >= 0.6 is 0 Å². The molecule has 0 N–H and O–H groups in total. The number of carbonyl (C=O) groups is 2. The SMILES string of the molecule is CCOC(=O)c1cc(C(C)(C)C)n(-c2ccc(C(=O)N(C)CCc3ccccc3)cc2)n1. The van der Waals surface area contributed by atoms with Crippen LogP contribution in [0.15, 0.2) is 60.7 Å². The van der Waals surface area contributed by atoms with Gasteiger partial charge in [-0.05, 0) is 49.2 Å². The van der Waals surface area contributed by atoms with Gasteiger partial charge in [0.1, 0.15) is 0 Å². The standard InChI is InChI=1S/C26H31N3O3/c1-6-32-25(31)22-18-23(26(2,3)4)29(27-22)21-14-12-20(13-15-21)24(30)28(5)17-16-19-10-8-7-9-11-19/h7-15,18H,6,16-17H2,1-5H3.